The van der Waals surface area contributed by atoms with Crippen molar-refractivity contribution >= 4 is 17.4 Å². The molecular formula is C12H17ClN2. The van der Waals surface area contributed by atoms with E-state index >= 15 is 0 Å². The van der Waals surface area contributed by atoms with Crippen LogP contribution in [0.15, 0.2) is 18.3 Å². The molecule has 1 aliphatic carbocycles. The van der Waals surface area contributed by atoms with Gasteiger partial charge in [0.25, 0.3) is 0 Å². The Morgan fingerprint density at radius 1 is 1.27 bits per heavy atom. The van der Waals surface area contributed by atoms with Gasteiger partial charge in [-0.25, -0.2) is 4.98 Å². The van der Waals surface area contributed by atoms with E-state index in [0.717, 1.165) is 5.82 Å². The quantitative estimate of drug-likeness (QED) is 0.831. The predicted octanol–water partition coefficient (Wildman–Crippen LogP) is 3.58. The highest BCUT2D eigenvalue weighted by Gasteiger charge is 2.65. The van der Waals surface area contributed by atoms with Crippen LogP contribution < -0.4 is 5.32 Å². The minimum Gasteiger partial charge on any atom is -0.365 e. The highest BCUT2D eigenvalue weighted by Crippen LogP contribution is 2.63. The number of rotatable bonds is 2. The Morgan fingerprint density at radius 3 is 2.33 bits per heavy atom. The Kier molecular flexibility index (Phi) is 2.23. The summed E-state index contributed by atoms with van der Waals surface area (Å²) in [5.74, 6) is 0.794. The van der Waals surface area contributed by atoms with E-state index in [9.17, 15) is 0 Å². The molecular weight excluding hydrogens is 208 g/mol. The second-order valence-corrected chi connectivity index (χ2v) is 5.76. The van der Waals surface area contributed by atoms with E-state index in [4.69, 9.17) is 11.6 Å². The number of anilines is 1. The third-order valence-corrected chi connectivity index (χ3v) is 4.37. The smallest absolute Gasteiger partial charge is 0.145 e. The zero-order valence-corrected chi connectivity index (χ0v) is 10.4. The molecule has 2 nitrogen and oxygen atoms in total. The van der Waals surface area contributed by atoms with Crippen LogP contribution in [0.3, 0.4) is 0 Å². The van der Waals surface area contributed by atoms with E-state index in [-0.39, 0.29) is 0 Å². The maximum absolute atomic E-state index is 6.06. The number of pyridine rings is 1. The van der Waals surface area contributed by atoms with Crippen LogP contribution in [-0.2, 0) is 0 Å². The number of hydrogen-bond acceptors (Lipinski definition) is 2. The molecule has 0 unspecified atom stereocenters. The molecule has 0 aromatic carbocycles. The van der Waals surface area contributed by atoms with Crippen LogP contribution in [0.1, 0.15) is 27.7 Å². The summed E-state index contributed by atoms with van der Waals surface area (Å²) in [7, 11) is 0. The first kappa shape index (κ1) is 10.7. The third kappa shape index (κ3) is 1.51. The van der Waals surface area contributed by atoms with E-state index in [0.29, 0.717) is 21.9 Å². The van der Waals surface area contributed by atoms with Crippen molar-refractivity contribution in [2.45, 2.75) is 33.7 Å². The van der Waals surface area contributed by atoms with Crippen LogP contribution in [0.25, 0.3) is 0 Å². The Hall–Kier alpha value is -0.760. The van der Waals surface area contributed by atoms with Crippen LogP contribution in [0.4, 0.5) is 5.82 Å². The van der Waals surface area contributed by atoms with Crippen LogP contribution in [0.2, 0.25) is 5.02 Å². The summed E-state index contributed by atoms with van der Waals surface area (Å²) in [5.41, 5.74) is 0.599. The van der Waals surface area contributed by atoms with Crippen LogP contribution in [-0.4, -0.2) is 11.0 Å². The van der Waals surface area contributed by atoms with Crippen LogP contribution in [0.5, 0.6) is 0 Å². The minimum atomic E-state index is 0.299. The molecule has 0 aliphatic heterocycles. The SMILES string of the molecule is CC1(C)C(Nc2ncccc2Cl)C1(C)C. The second kappa shape index (κ2) is 3.11. The average Bonchev–Trinajstić information content (AvgIpc) is 2.51. The van der Waals surface area contributed by atoms with E-state index in [1.54, 1.807) is 6.20 Å². The van der Waals surface area contributed by atoms with Gasteiger partial charge in [-0.2, -0.15) is 0 Å². The molecule has 82 valence electrons. The lowest BCUT2D eigenvalue weighted by Gasteiger charge is -2.08. The molecule has 3 heteroatoms. The van der Waals surface area contributed by atoms with Gasteiger partial charge in [-0.05, 0) is 23.0 Å². The van der Waals surface area contributed by atoms with Gasteiger partial charge in [-0.3, -0.25) is 0 Å². The molecule has 1 fully saturated rings. The predicted molar refractivity (Wildman–Crippen MR) is 64.2 cm³/mol. The van der Waals surface area contributed by atoms with Crippen molar-refractivity contribution < 1.29 is 0 Å². The van der Waals surface area contributed by atoms with E-state index in [1.807, 2.05) is 12.1 Å². The zero-order chi connectivity index (χ0) is 11.3. The molecule has 1 N–H and O–H groups in total. The molecule has 15 heavy (non-hydrogen) atoms. The molecule has 1 aliphatic rings. The van der Waals surface area contributed by atoms with Crippen molar-refractivity contribution in [3.63, 3.8) is 0 Å². The molecule has 1 aromatic rings. The summed E-state index contributed by atoms with van der Waals surface area (Å²) in [6.07, 6.45) is 1.76. The minimum absolute atomic E-state index is 0.299. The van der Waals surface area contributed by atoms with Crippen molar-refractivity contribution in [1.29, 1.82) is 0 Å². The average molecular weight is 225 g/mol. The van der Waals surface area contributed by atoms with E-state index < -0.39 is 0 Å². The first-order valence-corrected chi connectivity index (χ1v) is 5.62. The van der Waals surface area contributed by atoms with Gasteiger partial charge in [0, 0.05) is 12.2 Å². The van der Waals surface area contributed by atoms with Gasteiger partial charge in [-0.15, -0.1) is 0 Å². The summed E-state index contributed by atoms with van der Waals surface area (Å²) in [4.78, 5) is 4.25. The maximum Gasteiger partial charge on any atom is 0.145 e. The molecule has 1 heterocycles. The normalized spacial score (nSPS) is 22.5. The summed E-state index contributed by atoms with van der Waals surface area (Å²) in [5, 5.41) is 4.11. The fourth-order valence-corrected chi connectivity index (χ4v) is 2.36. The van der Waals surface area contributed by atoms with Gasteiger partial charge in [0.15, 0.2) is 0 Å². The zero-order valence-electron chi connectivity index (χ0n) is 9.63. The molecule has 0 atom stereocenters. The summed E-state index contributed by atoms with van der Waals surface area (Å²) < 4.78 is 0. The molecule has 0 saturated heterocycles. The lowest BCUT2D eigenvalue weighted by atomic mass is 10.0. The molecule has 0 bridgehead atoms. The Labute approximate surface area is 96.1 Å². The third-order valence-electron chi connectivity index (χ3n) is 4.06. The highest BCUT2D eigenvalue weighted by atomic mass is 35.5. The summed E-state index contributed by atoms with van der Waals surface area (Å²) in [6, 6.07) is 4.15. The number of nitrogens with zero attached hydrogens (tertiary/aromatic N) is 1. The van der Waals surface area contributed by atoms with Gasteiger partial charge in [0.2, 0.25) is 0 Å². The van der Waals surface area contributed by atoms with Crippen molar-refractivity contribution in [2.75, 3.05) is 5.32 Å². The fraction of sp³-hybridized carbons (Fsp3) is 0.583. The largest absolute Gasteiger partial charge is 0.365 e. The maximum atomic E-state index is 6.06. The number of nitrogens with one attached hydrogen (secondary N) is 1. The van der Waals surface area contributed by atoms with Crippen molar-refractivity contribution in [1.82, 2.24) is 4.98 Å². The Bertz CT molecular complexity index is 371. The summed E-state index contributed by atoms with van der Waals surface area (Å²) in [6.45, 7) is 9.06. The molecule has 1 saturated carbocycles. The first-order valence-electron chi connectivity index (χ1n) is 5.24. The Balaban J connectivity index is 2.16. The van der Waals surface area contributed by atoms with Gasteiger partial charge >= 0.3 is 0 Å². The van der Waals surface area contributed by atoms with Gasteiger partial charge < -0.3 is 5.32 Å². The monoisotopic (exact) mass is 224 g/mol. The van der Waals surface area contributed by atoms with Crippen molar-refractivity contribution in [3.05, 3.63) is 23.4 Å². The number of aromatic nitrogens is 1. The lowest BCUT2D eigenvalue weighted by molar-refractivity contribution is 0.457. The lowest BCUT2D eigenvalue weighted by Crippen LogP contribution is -2.11. The van der Waals surface area contributed by atoms with Crippen molar-refractivity contribution in [3.8, 4) is 0 Å². The highest BCUT2D eigenvalue weighted by molar-refractivity contribution is 6.32. The van der Waals surface area contributed by atoms with Gasteiger partial charge in [-0.1, -0.05) is 39.3 Å². The molecule has 0 spiro atoms. The molecule has 2 rings (SSSR count). The molecule has 0 radical (unpaired) electrons. The molecule has 0 amide bonds. The number of halogens is 1. The Morgan fingerprint density at radius 2 is 1.87 bits per heavy atom. The van der Waals surface area contributed by atoms with E-state index in [2.05, 4.69) is 38.0 Å². The first-order chi connectivity index (χ1) is 6.87. The van der Waals surface area contributed by atoms with Crippen LogP contribution in [0, 0.1) is 10.8 Å². The fourth-order valence-electron chi connectivity index (χ4n) is 2.19. The van der Waals surface area contributed by atoms with Gasteiger partial charge in [0.1, 0.15) is 5.82 Å². The van der Waals surface area contributed by atoms with E-state index in [1.165, 1.54) is 0 Å². The van der Waals surface area contributed by atoms with Gasteiger partial charge in [0.05, 0.1) is 5.02 Å². The molecule has 1 aromatic heterocycles. The van der Waals surface area contributed by atoms with Crippen molar-refractivity contribution in [2.24, 2.45) is 10.8 Å². The number of hydrogen-bond donors (Lipinski definition) is 1. The second-order valence-electron chi connectivity index (χ2n) is 5.35. The standard InChI is InChI=1S/C12H17ClN2/c1-11(2)10(12(11,3)4)15-9-8(13)6-5-7-14-9/h5-7,10H,1-4H3,(H,14,15). The topological polar surface area (TPSA) is 24.9 Å². The van der Waals surface area contributed by atoms with Crippen LogP contribution >= 0.6 is 11.6 Å². The summed E-state index contributed by atoms with van der Waals surface area (Å²) >= 11 is 6.06.